The number of amidine groups is 1. The molecule has 0 spiro atoms. The molecule has 2 aromatic rings. The summed E-state index contributed by atoms with van der Waals surface area (Å²) in [5, 5.41) is 10.2. The minimum atomic E-state index is 0.0760. The van der Waals surface area contributed by atoms with E-state index in [4.69, 9.17) is 27.5 Å². The van der Waals surface area contributed by atoms with E-state index in [1.807, 2.05) is 36.4 Å². The van der Waals surface area contributed by atoms with E-state index in [0.29, 0.717) is 13.0 Å². The Balaban J connectivity index is 1.82. The third-order valence-corrected chi connectivity index (χ3v) is 4.22. The van der Waals surface area contributed by atoms with Gasteiger partial charge in [0.15, 0.2) is 0 Å². The molecule has 0 aromatic heterocycles. The molecule has 0 saturated heterocycles. The predicted octanol–water partition coefficient (Wildman–Crippen LogP) is 3.98. The number of hydrogen-bond acceptors (Lipinski definition) is 2. The molecule has 0 bridgehead atoms. The van der Waals surface area contributed by atoms with Gasteiger partial charge in [-0.05, 0) is 25.0 Å². The topological polar surface area (TPSA) is 59.1 Å². The van der Waals surface area contributed by atoms with Crippen molar-refractivity contribution < 1.29 is 4.74 Å². The van der Waals surface area contributed by atoms with Crippen molar-refractivity contribution in [3.05, 3.63) is 41.4 Å². The number of hydrogen-bond donors (Lipinski definition) is 2. The first-order chi connectivity index (χ1) is 9.60. The summed E-state index contributed by atoms with van der Waals surface area (Å²) in [6.45, 7) is 0.609. The SMILES string of the molecule is N=C(N)CC1(COc2ccc(Cl)c3ccccc23)CC1. The normalized spacial score (nSPS) is 16.1. The fraction of sp³-hybridized carbons (Fsp3) is 0.312. The van der Waals surface area contributed by atoms with Crippen LogP contribution in [-0.2, 0) is 0 Å². The lowest BCUT2D eigenvalue weighted by Crippen LogP contribution is -2.21. The second-order valence-corrected chi connectivity index (χ2v) is 5.99. The van der Waals surface area contributed by atoms with Crippen molar-refractivity contribution in [1.29, 1.82) is 5.41 Å². The van der Waals surface area contributed by atoms with Gasteiger partial charge in [-0.1, -0.05) is 35.9 Å². The number of nitrogens with two attached hydrogens (primary N) is 1. The molecule has 0 aliphatic heterocycles. The molecule has 0 radical (unpaired) electrons. The van der Waals surface area contributed by atoms with Crippen LogP contribution in [0.3, 0.4) is 0 Å². The molecule has 3 rings (SSSR count). The number of ether oxygens (including phenoxy) is 1. The number of halogens is 1. The number of rotatable bonds is 5. The minimum Gasteiger partial charge on any atom is -0.492 e. The van der Waals surface area contributed by atoms with Crippen molar-refractivity contribution >= 4 is 28.2 Å². The molecular weight excluding hydrogens is 272 g/mol. The van der Waals surface area contributed by atoms with Gasteiger partial charge in [0.2, 0.25) is 0 Å². The van der Waals surface area contributed by atoms with E-state index in [2.05, 4.69) is 0 Å². The summed E-state index contributed by atoms with van der Waals surface area (Å²) in [6.07, 6.45) is 2.79. The van der Waals surface area contributed by atoms with Crippen LogP contribution >= 0.6 is 11.6 Å². The van der Waals surface area contributed by atoms with Gasteiger partial charge in [0.1, 0.15) is 5.75 Å². The molecule has 0 atom stereocenters. The molecule has 0 amide bonds. The van der Waals surface area contributed by atoms with Gasteiger partial charge in [0.05, 0.1) is 12.4 Å². The Hall–Kier alpha value is -1.74. The van der Waals surface area contributed by atoms with E-state index in [1.165, 1.54) is 0 Å². The molecular formula is C16H17ClN2O. The highest BCUT2D eigenvalue weighted by Gasteiger charge is 2.44. The van der Waals surface area contributed by atoms with E-state index in [9.17, 15) is 0 Å². The lowest BCUT2D eigenvalue weighted by Gasteiger charge is -2.17. The molecule has 4 heteroatoms. The Bertz CT molecular complexity index is 665. The average molecular weight is 289 g/mol. The van der Waals surface area contributed by atoms with Gasteiger partial charge in [-0.2, -0.15) is 0 Å². The third-order valence-electron chi connectivity index (χ3n) is 3.89. The highest BCUT2D eigenvalue weighted by molar-refractivity contribution is 6.35. The average Bonchev–Trinajstić information content (AvgIpc) is 3.17. The molecule has 0 unspecified atom stereocenters. The van der Waals surface area contributed by atoms with Crippen LogP contribution in [0.5, 0.6) is 5.75 Å². The quantitative estimate of drug-likeness (QED) is 0.646. The summed E-state index contributed by atoms with van der Waals surface area (Å²) in [7, 11) is 0. The maximum atomic E-state index is 7.44. The Morgan fingerprint density at radius 2 is 1.90 bits per heavy atom. The minimum absolute atomic E-state index is 0.0760. The Labute approximate surface area is 123 Å². The van der Waals surface area contributed by atoms with Crippen LogP contribution in [-0.4, -0.2) is 12.4 Å². The number of benzene rings is 2. The monoisotopic (exact) mass is 288 g/mol. The standard InChI is InChI=1S/C16H17ClN2O/c17-13-5-6-14(12-4-2-1-3-11(12)13)20-10-16(7-8-16)9-15(18)19/h1-6H,7-10H2,(H3,18,19). The van der Waals surface area contributed by atoms with E-state index in [0.717, 1.165) is 34.4 Å². The van der Waals surface area contributed by atoms with Crippen LogP contribution in [0.25, 0.3) is 10.8 Å². The van der Waals surface area contributed by atoms with Gasteiger partial charge < -0.3 is 10.5 Å². The van der Waals surface area contributed by atoms with Crippen LogP contribution in [0.15, 0.2) is 36.4 Å². The molecule has 1 aliphatic rings. The van der Waals surface area contributed by atoms with Crippen LogP contribution in [0, 0.1) is 10.8 Å². The van der Waals surface area contributed by atoms with Crippen molar-refractivity contribution in [1.82, 2.24) is 0 Å². The summed E-state index contributed by atoms with van der Waals surface area (Å²) in [4.78, 5) is 0. The predicted molar refractivity (Wildman–Crippen MR) is 82.7 cm³/mol. The van der Waals surface area contributed by atoms with Gasteiger partial charge in [0, 0.05) is 27.6 Å². The first-order valence-electron chi connectivity index (χ1n) is 6.73. The molecule has 20 heavy (non-hydrogen) atoms. The van der Waals surface area contributed by atoms with Gasteiger partial charge in [-0.25, -0.2) is 0 Å². The Kier molecular flexibility index (Phi) is 3.30. The number of nitrogens with one attached hydrogen (secondary N) is 1. The Morgan fingerprint density at radius 3 is 2.55 bits per heavy atom. The van der Waals surface area contributed by atoms with Crippen molar-refractivity contribution in [3.8, 4) is 5.75 Å². The molecule has 2 aromatic carbocycles. The fourth-order valence-electron chi connectivity index (χ4n) is 2.54. The van der Waals surface area contributed by atoms with Crippen LogP contribution < -0.4 is 10.5 Å². The summed E-state index contributed by atoms with van der Waals surface area (Å²) >= 11 is 6.20. The van der Waals surface area contributed by atoms with E-state index >= 15 is 0 Å². The first kappa shape index (κ1) is 13.3. The van der Waals surface area contributed by atoms with Gasteiger partial charge in [-0.3, -0.25) is 5.41 Å². The highest BCUT2D eigenvalue weighted by atomic mass is 35.5. The zero-order valence-corrected chi connectivity index (χ0v) is 11.9. The molecule has 1 fully saturated rings. The van der Waals surface area contributed by atoms with Crippen LogP contribution in [0.1, 0.15) is 19.3 Å². The fourth-order valence-corrected chi connectivity index (χ4v) is 2.77. The molecule has 1 aliphatic carbocycles. The molecule has 3 nitrogen and oxygen atoms in total. The smallest absolute Gasteiger partial charge is 0.127 e. The maximum Gasteiger partial charge on any atom is 0.127 e. The Morgan fingerprint density at radius 1 is 1.20 bits per heavy atom. The van der Waals surface area contributed by atoms with Gasteiger partial charge in [-0.15, -0.1) is 0 Å². The van der Waals surface area contributed by atoms with Gasteiger partial charge >= 0.3 is 0 Å². The summed E-state index contributed by atoms with van der Waals surface area (Å²) in [5.41, 5.74) is 5.58. The lowest BCUT2D eigenvalue weighted by atomic mass is 10.0. The molecule has 0 heterocycles. The molecule has 104 valence electrons. The van der Waals surface area contributed by atoms with Gasteiger partial charge in [0.25, 0.3) is 0 Å². The van der Waals surface area contributed by atoms with Crippen molar-refractivity contribution in [2.24, 2.45) is 11.1 Å². The largest absolute Gasteiger partial charge is 0.492 e. The van der Waals surface area contributed by atoms with Crippen LogP contribution in [0.4, 0.5) is 0 Å². The zero-order valence-electron chi connectivity index (χ0n) is 11.2. The second kappa shape index (κ2) is 4.98. The summed E-state index contributed by atoms with van der Waals surface area (Å²) < 4.78 is 5.99. The summed E-state index contributed by atoms with van der Waals surface area (Å²) in [6, 6.07) is 11.7. The third kappa shape index (κ3) is 2.59. The van der Waals surface area contributed by atoms with E-state index in [-0.39, 0.29) is 11.3 Å². The van der Waals surface area contributed by atoms with Crippen molar-refractivity contribution in [3.63, 3.8) is 0 Å². The highest BCUT2D eigenvalue weighted by Crippen LogP contribution is 2.49. The van der Waals surface area contributed by atoms with E-state index < -0.39 is 0 Å². The van der Waals surface area contributed by atoms with Crippen molar-refractivity contribution in [2.75, 3.05) is 6.61 Å². The zero-order chi connectivity index (χ0) is 14.2. The number of fused-ring (bicyclic) bond motifs is 1. The van der Waals surface area contributed by atoms with Crippen molar-refractivity contribution in [2.45, 2.75) is 19.3 Å². The maximum absolute atomic E-state index is 7.44. The van der Waals surface area contributed by atoms with Crippen LogP contribution in [0.2, 0.25) is 5.02 Å². The van der Waals surface area contributed by atoms with E-state index in [1.54, 1.807) is 0 Å². The second-order valence-electron chi connectivity index (χ2n) is 5.58. The summed E-state index contributed by atoms with van der Waals surface area (Å²) in [5.74, 6) is 1.09. The molecule has 1 saturated carbocycles. The lowest BCUT2D eigenvalue weighted by molar-refractivity contribution is 0.241. The molecule has 3 N–H and O–H groups in total. The first-order valence-corrected chi connectivity index (χ1v) is 7.10.